The van der Waals surface area contributed by atoms with Gasteiger partial charge in [-0.05, 0) is 6.07 Å². The number of nitro groups is 1. The molecule has 0 aliphatic heterocycles. The Labute approximate surface area is 85.8 Å². The Morgan fingerprint density at radius 2 is 2.40 bits per heavy atom. The standard InChI is InChI=1S/C10H9N3O2/c1-2-5-12-7-8-3-4-9(13(14)15)6-10(8)11-12/h2-4,6-7H,1,5H2. The van der Waals surface area contributed by atoms with Crippen molar-refractivity contribution >= 4 is 16.6 Å². The molecule has 0 atom stereocenters. The minimum absolute atomic E-state index is 0.0614. The third kappa shape index (κ3) is 1.71. The molecule has 1 heterocycles. The van der Waals surface area contributed by atoms with Gasteiger partial charge in [-0.2, -0.15) is 5.10 Å². The van der Waals surface area contributed by atoms with Crippen LogP contribution in [0, 0.1) is 10.1 Å². The van der Waals surface area contributed by atoms with Crippen molar-refractivity contribution in [3.63, 3.8) is 0 Å². The van der Waals surface area contributed by atoms with Gasteiger partial charge >= 0.3 is 0 Å². The molecule has 0 saturated carbocycles. The monoisotopic (exact) mass is 203 g/mol. The average Bonchev–Trinajstić information content (AvgIpc) is 2.59. The van der Waals surface area contributed by atoms with E-state index in [0.717, 1.165) is 5.39 Å². The molecule has 2 rings (SSSR count). The summed E-state index contributed by atoms with van der Waals surface area (Å²) in [4.78, 5) is 10.1. The van der Waals surface area contributed by atoms with Crippen LogP contribution in [0.3, 0.4) is 0 Å². The van der Waals surface area contributed by atoms with Gasteiger partial charge in [-0.3, -0.25) is 14.8 Å². The second-order valence-electron chi connectivity index (χ2n) is 3.14. The molecule has 0 bridgehead atoms. The van der Waals surface area contributed by atoms with E-state index in [1.165, 1.54) is 12.1 Å². The zero-order valence-electron chi connectivity index (χ0n) is 7.96. The summed E-state index contributed by atoms with van der Waals surface area (Å²) in [5, 5.41) is 15.6. The van der Waals surface area contributed by atoms with Gasteiger partial charge in [0.2, 0.25) is 0 Å². The Balaban J connectivity index is 2.51. The zero-order valence-corrected chi connectivity index (χ0v) is 7.96. The van der Waals surface area contributed by atoms with E-state index in [1.54, 1.807) is 16.8 Å². The van der Waals surface area contributed by atoms with Crippen molar-refractivity contribution in [2.24, 2.45) is 0 Å². The lowest BCUT2D eigenvalue weighted by molar-refractivity contribution is -0.384. The highest BCUT2D eigenvalue weighted by Gasteiger charge is 2.08. The summed E-state index contributed by atoms with van der Waals surface area (Å²) in [5.74, 6) is 0. The number of hydrogen-bond acceptors (Lipinski definition) is 3. The number of rotatable bonds is 3. The van der Waals surface area contributed by atoms with Crippen LogP contribution in [0.2, 0.25) is 0 Å². The minimum Gasteiger partial charge on any atom is -0.268 e. The molecule has 2 aromatic rings. The maximum absolute atomic E-state index is 10.5. The third-order valence-corrected chi connectivity index (χ3v) is 2.07. The average molecular weight is 203 g/mol. The van der Waals surface area contributed by atoms with Gasteiger partial charge < -0.3 is 0 Å². The van der Waals surface area contributed by atoms with Crippen LogP contribution >= 0.6 is 0 Å². The van der Waals surface area contributed by atoms with Gasteiger partial charge in [0.05, 0.1) is 17.0 Å². The molecule has 0 aliphatic carbocycles. The van der Waals surface area contributed by atoms with Gasteiger partial charge in [0.15, 0.2) is 0 Å². The molecule has 0 N–H and O–H groups in total. The maximum atomic E-state index is 10.5. The molecular weight excluding hydrogens is 194 g/mol. The third-order valence-electron chi connectivity index (χ3n) is 2.07. The fourth-order valence-corrected chi connectivity index (χ4v) is 1.39. The number of benzene rings is 1. The number of nitro benzene ring substituents is 1. The van der Waals surface area contributed by atoms with Crippen LogP contribution in [0.15, 0.2) is 37.1 Å². The highest BCUT2D eigenvalue weighted by molar-refractivity contribution is 5.80. The van der Waals surface area contributed by atoms with Crippen molar-refractivity contribution in [3.8, 4) is 0 Å². The predicted octanol–water partition coefficient (Wildman–Crippen LogP) is 2.13. The second kappa shape index (κ2) is 3.53. The zero-order chi connectivity index (χ0) is 10.8. The van der Waals surface area contributed by atoms with Crippen molar-refractivity contribution < 1.29 is 4.92 Å². The molecular formula is C10H9N3O2. The summed E-state index contributed by atoms with van der Waals surface area (Å²) in [7, 11) is 0. The fourth-order valence-electron chi connectivity index (χ4n) is 1.39. The molecule has 0 radical (unpaired) electrons. The number of aromatic nitrogens is 2. The Bertz CT molecular complexity index is 530. The smallest absolute Gasteiger partial charge is 0.268 e. The number of hydrogen-bond donors (Lipinski definition) is 0. The maximum Gasteiger partial charge on any atom is 0.271 e. The van der Waals surface area contributed by atoms with E-state index >= 15 is 0 Å². The first-order valence-electron chi connectivity index (χ1n) is 4.43. The van der Waals surface area contributed by atoms with Gasteiger partial charge in [-0.25, -0.2) is 0 Å². The lowest BCUT2D eigenvalue weighted by Crippen LogP contribution is -1.93. The molecule has 1 aromatic heterocycles. The Morgan fingerprint density at radius 3 is 3.07 bits per heavy atom. The summed E-state index contributed by atoms with van der Waals surface area (Å²) in [6, 6.07) is 4.64. The number of nitrogens with zero attached hydrogens (tertiary/aromatic N) is 3. The van der Waals surface area contributed by atoms with Crippen molar-refractivity contribution in [2.75, 3.05) is 0 Å². The normalized spacial score (nSPS) is 10.4. The molecule has 0 unspecified atom stereocenters. The predicted molar refractivity (Wildman–Crippen MR) is 56.6 cm³/mol. The van der Waals surface area contributed by atoms with E-state index in [1.807, 2.05) is 6.20 Å². The van der Waals surface area contributed by atoms with Crippen molar-refractivity contribution in [1.82, 2.24) is 9.78 Å². The van der Waals surface area contributed by atoms with E-state index < -0.39 is 4.92 Å². The molecule has 0 aliphatic rings. The van der Waals surface area contributed by atoms with Crippen molar-refractivity contribution in [1.29, 1.82) is 0 Å². The lowest BCUT2D eigenvalue weighted by Gasteiger charge is -1.90. The van der Waals surface area contributed by atoms with E-state index in [2.05, 4.69) is 11.7 Å². The largest absolute Gasteiger partial charge is 0.271 e. The lowest BCUT2D eigenvalue weighted by atomic mass is 10.2. The van der Waals surface area contributed by atoms with Gasteiger partial charge in [-0.15, -0.1) is 6.58 Å². The molecule has 1 aromatic carbocycles. The first kappa shape index (κ1) is 9.39. The summed E-state index contributed by atoms with van der Waals surface area (Å²) in [6.45, 7) is 4.20. The van der Waals surface area contributed by atoms with Gasteiger partial charge in [-0.1, -0.05) is 6.08 Å². The van der Waals surface area contributed by atoms with Crippen LogP contribution in [0.1, 0.15) is 0 Å². The molecule has 0 spiro atoms. The highest BCUT2D eigenvalue weighted by Crippen LogP contribution is 2.19. The van der Waals surface area contributed by atoms with Crippen LogP contribution in [0.4, 0.5) is 5.69 Å². The van der Waals surface area contributed by atoms with E-state index in [4.69, 9.17) is 0 Å². The van der Waals surface area contributed by atoms with Crippen LogP contribution in [0.5, 0.6) is 0 Å². The molecule has 5 heteroatoms. The summed E-state index contributed by atoms with van der Waals surface area (Å²) < 4.78 is 1.70. The van der Waals surface area contributed by atoms with Crippen LogP contribution in [0.25, 0.3) is 10.9 Å². The van der Waals surface area contributed by atoms with Gasteiger partial charge in [0, 0.05) is 23.7 Å². The Kier molecular flexibility index (Phi) is 2.21. The Hall–Kier alpha value is -2.17. The molecule has 76 valence electrons. The SMILES string of the molecule is C=CCn1cc2ccc([N+](=O)[O-])cc2n1. The summed E-state index contributed by atoms with van der Waals surface area (Å²) in [5.41, 5.74) is 0.692. The topological polar surface area (TPSA) is 61.0 Å². The van der Waals surface area contributed by atoms with E-state index in [-0.39, 0.29) is 5.69 Å². The molecule has 0 amide bonds. The number of allylic oxidation sites excluding steroid dienone is 1. The van der Waals surface area contributed by atoms with Gasteiger partial charge in [0.25, 0.3) is 5.69 Å². The van der Waals surface area contributed by atoms with Crippen LogP contribution in [-0.4, -0.2) is 14.7 Å². The summed E-state index contributed by atoms with van der Waals surface area (Å²) in [6.07, 6.45) is 3.56. The van der Waals surface area contributed by atoms with E-state index in [9.17, 15) is 10.1 Å². The van der Waals surface area contributed by atoms with Crippen molar-refractivity contribution in [2.45, 2.75) is 6.54 Å². The first-order valence-corrected chi connectivity index (χ1v) is 4.43. The molecule has 15 heavy (non-hydrogen) atoms. The van der Waals surface area contributed by atoms with Crippen LogP contribution < -0.4 is 0 Å². The fraction of sp³-hybridized carbons (Fsp3) is 0.100. The molecule has 0 saturated heterocycles. The minimum atomic E-state index is -0.425. The summed E-state index contributed by atoms with van der Waals surface area (Å²) >= 11 is 0. The van der Waals surface area contributed by atoms with Crippen LogP contribution in [-0.2, 0) is 6.54 Å². The molecule has 0 fully saturated rings. The second-order valence-corrected chi connectivity index (χ2v) is 3.14. The first-order chi connectivity index (χ1) is 7.20. The number of non-ortho nitro benzene ring substituents is 1. The highest BCUT2D eigenvalue weighted by atomic mass is 16.6. The van der Waals surface area contributed by atoms with Gasteiger partial charge in [0.1, 0.15) is 0 Å². The molecule has 5 nitrogen and oxygen atoms in total. The quantitative estimate of drug-likeness (QED) is 0.436. The number of fused-ring (bicyclic) bond motifs is 1. The Morgan fingerprint density at radius 1 is 1.60 bits per heavy atom. The van der Waals surface area contributed by atoms with E-state index in [0.29, 0.717) is 12.1 Å². The van der Waals surface area contributed by atoms with Crippen molar-refractivity contribution in [3.05, 3.63) is 47.2 Å².